The molecule has 7 heteroatoms. The van der Waals surface area contributed by atoms with Gasteiger partial charge < -0.3 is 10.6 Å². The van der Waals surface area contributed by atoms with Gasteiger partial charge in [-0.3, -0.25) is 14.8 Å². The molecule has 6 nitrogen and oxygen atoms in total. The highest BCUT2D eigenvalue weighted by Crippen LogP contribution is 2.17. The monoisotopic (exact) mass is 414 g/mol. The molecule has 0 radical (unpaired) electrons. The molecule has 2 heterocycles. The van der Waals surface area contributed by atoms with Crippen LogP contribution in [-0.4, -0.2) is 67.1 Å². The van der Waals surface area contributed by atoms with E-state index in [9.17, 15) is 0 Å². The molecule has 158 valence electrons. The number of piperazine rings is 1. The highest BCUT2D eigenvalue weighted by Gasteiger charge is 2.16. The number of nitrogens with one attached hydrogen (secondary N) is 2. The van der Waals surface area contributed by atoms with Crippen molar-refractivity contribution in [1.29, 1.82) is 0 Å². The minimum Gasteiger partial charge on any atom is -0.355 e. The van der Waals surface area contributed by atoms with Crippen LogP contribution in [0.15, 0.2) is 40.7 Å². The summed E-state index contributed by atoms with van der Waals surface area (Å²) in [6.45, 7) is 12.6. The number of hydrogen-bond donors (Lipinski definition) is 2. The fourth-order valence-electron chi connectivity index (χ4n) is 3.40. The van der Waals surface area contributed by atoms with Gasteiger partial charge in [0, 0.05) is 58.2 Å². The van der Waals surface area contributed by atoms with Gasteiger partial charge in [0.1, 0.15) is 5.01 Å². The maximum atomic E-state index is 4.67. The number of aromatic nitrogens is 1. The Kier molecular flexibility index (Phi) is 8.46. The maximum absolute atomic E-state index is 4.67. The molecule has 1 aromatic carbocycles. The SMILES string of the molecule is CN=C(NCCN1CCN(Cc2ccccc2)CC1)NCc1nc(C(C)C)cs1. The lowest BCUT2D eigenvalue weighted by atomic mass is 10.2. The van der Waals surface area contributed by atoms with Gasteiger partial charge in [0.2, 0.25) is 0 Å². The van der Waals surface area contributed by atoms with E-state index in [1.54, 1.807) is 11.3 Å². The molecule has 0 saturated carbocycles. The molecule has 0 bridgehead atoms. The highest BCUT2D eigenvalue weighted by molar-refractivity contribution is 7.09. The quantitative estimate of drug-likeness (QED) is 0.514. The third kappa shape index (κ3) is 7.10. The Labute approximate surface area is 179 Å². The highest BCUT2D eigenvalue weighted by atomic mass is 32.1. The van der Waals surface area contributed by atoms with Crippen LogP contribution in [0.3, 0.4) is 0 Å². The van der Waals surface area contributed by atoms with Crippen LogP contribution in [-0.2, 0) is 13.1 Å². The molecule has 1 aromatic heterocycles. The van der Waals surface area contributed by atoms with Crippen LogP contribution in [0.1, 0.15) is 36.0 Å². The Bertz CT molecular complexity index is 750. The van der Waals surface area contributed by atoms with Crippen LogP contribution in [0.25, 0.3) is 0 Å². The number of hydrogen-bond acceptors (Lipinski definition) is 5. The second kappa shape index (κ2) is 11.3. The standard InChI is InChI=1S/C22H34N6S/c1-18(2)20-17-29-21(26-20)15-25-22(23-3)24-9-10-27-11-13-28(14-12-27)16-19-7-5-4-6-8-19/h4-8,17-18H,9-16H2,1-3H3,(H2,23,24,25). The largest absolute Gasteiger partial charge is 0.355 e. The summed E-state index contributed by atoms with van der Waals surface area (Å²) in [5.41, 5.74) is 2.57. The van der Waals surface area contributed by atoms with E-state index in [-0.39, 0.29) is 0 Å². The molecule has 0 atom stereocenters. The number of aliphatic imine (C=N–C) groups is 1. The average molecular weight is 415 g/mol. The first-order chi connectivity index (χ1) is 14.1. The Morgan fingerprint density at radius 2 is 1.83 bits per heavy atom. The summed E-state index contributed by atoms with van der Waals surface area (Å²) >= 11 is 1.71. The van der Waals surface area contributed by atoms with E-state index in [1.807, 2.05) is 7.05 Å². The van der Waals surface area contributed by atoms with Crippen LogP contribution in [0.4, 0.5) is 0 Å². The van der Waals surface area contributed by atoms with E-state index in [1.165, 1.54) is 11.3 Å². The molecule has 1 saturated heterocycles. The normalized spacial score (nSPS) is 16.3. The number of guanidine groups is 1. The molecule has 3 rings (SSSR count). The summed E-state index contributed by atoms with van der Waals surface area (Å²) in [5, 5.41) is 10.0. The summed E-state index contributed by atoms with van der Waals surface area (Å²) < 4.78 is 0. The molecule has 0 aliphatic carbocycles. The maximum Gasteiger partial charge on any atom is 0.191 e. The van der Waals surface area contributed by atoms with Gasteiger partial charge in [0.05, 0.1) is 12.2 Å². The van der Waals surface area contributed by atoms with Crippen molar-refractivity contribution in [2.45, 2.75) is 32.9 Å². The number of rotatable bonds is 8. The van der Waals surface area contributed by atoms with Gasteiger partial charge >= 0.3 is 0 Å². The van der Waals surface area contributed by atoms with Crippen LogP contribution in [0, 0.1) is 0 Å². The van der Waals surface area contributed by atoms with E-state index in [0.717, 1.165) is 63.3 Å². The van der Waals surface area contributed by atoms with Gasteiger partial charge in [-0.25, -0.2) is 4.98 Å². The van der Waals surface area contributed by atoms with Crippen LogP contribution in [0.5, 0.6) is 0 Å². The summed E-state index contributed by atoms with van der Waals surface area (Å²) in [7, 11) is 1.82. The molecular formula is C22H34N6S. The first-order valence-electron chi connectivity index (χ1n) is 10.5. The fraction of sp³-hybridized carbons (Fsp3) is 0.545. The van der Waals surface area contributed by atoms with Crippen molar-refractivity contribution in [3.8, 4) is 0 Å². The van der Waals surface area contributed by atoms with Gasteiger partial charge in [-0.1, -0.05) is 44.2 Å². The van der Waals surface area contributed by atoms with E-state index in [0.29, 0.717) is 5.92 Å². The number of benzene rings is 1. The number of thiazole rings is 1. The Morgan fingerprint density at radius 1 is 1.10 bits per heavy atom. The van der Waals surface area contributed by atoms with Gasteiger partial charge in [-0.15, -0.1) is 11.3 Å². The van der Waals surface area contributed by atoms with Gasteiger partial charge in [-0.05, 0) is 11.5 Å². The Hall–Kier alpha value is -1.96. The second-order valence-electron chi connectivity index (χ2n) is 7.78. The van der Waals surface area contributed by atoms with Crippen molar-refractivity contribution >= 4 is 17.3 Å². The van der Waals surface area contributed by atoms with Crippen molar-refractivity contribution in [1.82, 2.24) is 25.4 Å². The van der Waals surface area contributed by atoms with Gasteiger partial charge in [0.15, 0.2) is 5.96 Å². The first kappa shape index (κ1) is 21.7. The molecule has 1 aliphatic heterocycles. The fourth-order valence-corrected chi connectivity index (χ4v) is 4.29. The van der Waals surface area contributed by atoms with Crippen molar-refractivity contribution in [3.63, 3.8) is 0 Å². The average Bonchev–Trinajstić information content (AvgIpc) is 3.22. The zero-order valence-electron chi connectivity index (χ0n) is 17.9. The molecule has 1 fully saturated rings. The lowest BCUT2D eigenvalue weighted by Crippen LogP contribution is -2.48. The smallest absolute Gasteiger partial charge is 0.191 e. The summed E-state index contributed by atoms with van der Waals surface area (Å²) in [5.74, 6) is 1.32. The predicted octanol–water partition coefficient (Wildman–Crippen LogP) is 2.75. The second-order valence-corrected chi connectivity index (χ2v) is 8.72. The first-order valence-corrected chi connectivity index (χ1v) is 11.4. The molecule has 29 heavy (non-hydrogen) atoms. The van der Waals surface area contributed by atoms with Crippen LogP contribution in [0.2, 0.25) is 0 Å². The van der Waals surface area contributed by atoms with Crippen molar-refractivity contribution in [2.24, 2.45) is 4.99 Å². The van der Waals surface area contributed by atoms with Crippen LogP contribution < -0.4 is 10.6 Å². The summed E-state index contributed by atoms with van der Waals surface area (Å²) in [4.78, 5) is 14.1. The molecular weight excluding hydrogens is 380 g/mol. The third-order valence-electron chi connectivity index (χ3n) is 5.23. The van der Waals surface area contributed by atoms with Gasteiger partial charge in [-0.2, -0.15) is 0 Å². The molecule has 0 unspecified atom stereocenters. The molecule has 2 N–H and O–H groups in total. The number of nitrogens with zero attached hydrogens (tertiary/aromatic N) is 4. The minimum atomic E-state index is 0.477. The predicted molar refractivity (Wildman–Crippen MR) is 123 cm³/mol. The lowest BCUT2D eigenvalue weighted by Gasteiger charge is -2.34. The van der Waals surface area contributed by atoms with Crippen molar-refractivity contribution in [3.05, 3.63) is 52.0 Å². The van der Waals surface area contributed by atoms with Gasteiger partial charge in [0.25, 0.3) is 0 Å². The topological polar surface area (TPSA) is 55.8 Å². The third-order valence-corrected chi connectivity index (χ3v) is 6.09. The summed E-state index contributed by atoms with van der Waals surface area (Å²) in [6.07, 6.45) is 0. The molecule has 2 aromatic rings. The van der Waals surface area contributed by atoms with Crippen molar-refractivity contribution in [2.75, 3.05) is 46.3 Å². The van der Waals surface area contributed by atoms with E-state index < -0.39 is 0 Å². The van der Waals surface area contributed by atoms with E-state index in [2.05, 4.69) is 80.0 Å². The van der Waals surface area contributed by atoms with Crippen LogP contribution >= 0.6 is 11.3 Å². The molecule has 1 aliphatic rings. The molecule has 0 spiro atoms. The zero-order chi connectivity index (χ0) is 20.5. The van der Waals surface area contributed by atoms with E-state index in [4.69, 9.17) is 0 Å². The Balaban J connectivity index is 1.31. The zero-order valence-corrected chi connectivity index (χ0v) is 18.7. The molecule has 0 amide bonds. The lowest BCUT2D eigenvalue weighted by molar-refractivity contribution is 0.129. The van der Waals surface area contributed by atoms with E-state index >= 15 is 0 Å². The minimum absolute atomic E-state index is 0.477. The van der Waals surface area contributed by atoms with Crippen molar-refractivity contribution < 1.29 is 0 Å². The Morgan fingerprint density at radius 3 is 2.48 bits per heavy atom. The summed E-state index contributed by atoms with van der Waals surface area (Å²) in [6, 6.07) is 10.7.